The van der Waals surface area contributed by atoms with Crippen LogP contribution in [0.15, 0.2) is 18.2 Å². The van der Waals surface area contributed by atoms with E-state index in [1.807, 2.05) is 0 Å². The molecule has 1 aliphatic rings. The van der Waals surface area contributed by atoms with E-state index in [2.05, 4.69) is 15.9 Å². The Morgan fingerprint density at radius 2 is 2.20 bits per heavy atom. The van der Waals surface area contributed by atoms with Gasteiger partial charge in [0, 0.05) is 10.4 Å². The van der Waals surface area contributed by atoms with E-state index < -0.39 is 0 Å². The maximum Gasteiger partial charge on any atom is 0.123 e. The van der Waals surface area contributed by atoms with Crippen LogP contribution in [0, 0.1) is 11.7 Å². The molecule has 1 unspecified atom stereocenters. The van der Waals surface area contributed by atoms with Gasteiger partial charge >= 0.3 is 0 Å². The van der Waals surface area contributed by atoms with Crippen molar-refractivity contribution in [1.82, 2.24) is 0 Å². The molecular weight excluding hydrogens is 259 g/mol. The van der Waals surface area contributed by atoms with Gasteiger partial charge in [0.15, 0.2) is 0 Å². The molecule has 3 heteroatoms. The van der Waals surface area contributed by atoms with Crippen LogP contribution in [0.25, 0.3) is 0 Å². The number of hydrogen-bond donors (Lipinski definition) is 0. The van der Waals surface area contributed by atoms with Crippen LogP contribution in [-0.4, -0.2) is 7.11 Å². The van der Waals surface area contributed by atoms with Crippen LogP contribution in [0.5, 0.6) is 5.75 Å². The molecular formula is C12H14BrFO. The number of alkyl halides is 1. The summed E-state index contributed by atoms with van der Waals surface area (Å²) in [6.07, 6.45) is 3.72. The minimum Gasteiger partial charge on any atom is -0.496 e. The molecule has 0 radical (unpaired) electrons. The van der Waals surface area contributed by atoms with E-state index in [-0.39, 0.29) is 10.6 Å². The smallest absolute Gasteiger partial charge is 0.123 e. The van der Waals surface area contributed by atoms with E-state index >= 15 is 0 Å². The molecule has 1 aromatic rings. The molecule has 1 atom stereocenters. The Kier molecular flexibility index (Phi) is 3.29. The Morgan fingerprint density at radius 1 is 1.47 bits per heavy atom. The fraction of sp³-hybridized carbons (Fsp3) is 0.500. The summed E-state index contributed by atoms with van der Waals surface area (Å²) in [4.78, 5) is 0.219. The molecule has 0 N–H and O–H groups in total. The first-order valence-corrected chi connectivity index (χ1v) is 6.11. The van der Waals surface area contributed by atoms with Gasteiger partial charge in [-0.15, -0.1) is 0 Å². The summed E-state index contributed by atoms with van der Waals surface area (Å²) in [5.41, 5.74) is 0.933. The predicted octanol–water partition coefficient (Wildman–Crippen LogP) is 4.07. The molecule has 1 nitrogen and oxygen atoms in total. The van der Waals surface area contributed by atoms with E-state index in [1.165, 1.54) is 25.3 Å². The number of halogens is 2. The number of benzene rings is 1. The number of rotatable bonds is 3. The number of ether oxygens (including phenoxy) is 1. The lowest BCUT2D eigenvalue weighted by Gasteiger charge is -2.31. The molecule has 0 saturated heterocycles. The lowest BCUT2D eigenvalue weighted by molar-refractivity contribution is 0.306. The zero-order chi connectivity index (χ0) is 10.8. The molecule has 1 aromatic carbocycles. The largest absolute Gasteiger partial charge is 0.496 e. The molecule has 0 spiro atoms. The first-order valence-electron chi connectivity index (χ1n) is 5.20. The fourth-order valence-electron chi connectivity index (χ4n) is 1.91. The minimum atomic E-state index is -0.199. The van der Waals surface area contributed by atoms with Crippen LogP contribution < -0.4 is 4.74 Å². The Bertz CT molecular complexity index is 349. The molecule has 1 fully saturated rings. The van der Waals surface area contributed by atoms with E-state index in [4.69, 9.17) is 4.74 Å². The summed E-state index contributed by atoms with van der Waals surface area (Å²) in [7, 11) is 1.62. The summed E-state index contributed by atoms with van der Waals surface area (Å²) in [6, 6.07) is 4.69. The van der Waals surface area contributed by atoms with E-state index in [1.54, 1.807) is 19.2 Å². The highest BCUT2D eigenvalue weighted by Crippen LogP contribution is 2.45. The third-order valence-corrected chi connectivity index (χ3v) is 4.29. The average Bonchev–Trinajstić information content (AvgIpc) is 2.15. The highest BCUT2D eigenvalue weighted by molar-refractivity contribution is 9.09. The maximum atomic E-state index is 13.2. The highest BCUT2D eigenvalue weighted by atomic mass is 79.9. The quantitative estimate of drug-likeness (QED) is 0.754. The Hall–Kier alpha value is -0.570. The molecule has 82 valence electrons. The van der Waals surface area contributed by atoms with Gasteiger partial charge in [0.1, 0.15) is 11.6 Å². The molecule has 0 aliphatic heterocycles. The fourth-order valence-corrected chi connectivity index (χ4v) is 2.79. The minimum absolute atomic E-state index is 0.199. The van der Waals surface area contributed by atoms with Gasteiger partial charge in [-0.25, -0.2) is 4.39 Å². The van der Waals surface area contributed by atoms with Crippen LogP contribution in [0.3, 0.4) is 0 Å². The normalized spacial score (nSPS) is 18.3. The molecule has 0 heterocycles. The van der Waals surface area contributed by atoms with Crippen molar-refractivity contribution in [2.24, 2.45) is 5.92 Å². The van der Waals surface area contributed by atoms with Crippen LogP contribution in [0.2, 0.25) is 0 Å². The number of hydrogen-bond acceptors (Lipinski definition) is 1. The van der Waals surface area contributed by atoms with E-state index in [0.717, 1.165) is 11.3 Å². The second kappa shape index (κ2) is 4.52. The van der Waals surface area contributed by atoms with Crippen LogP contribution in [0.1, 0.15) is 29.7 Å². The lowest BCUT2D eigenvalue weighted by atomic mass is 9.80. The zero-order valence-corrected chi connectivity index (χ0v) is 10.3. The molecule has 0 amide bonds. The second-order valence-electron chi connectivity index (χ2n) is 3.98. The first kappa shape index (κ1) is 10.9. The average molecular weight is 273 g/mol. The van der Waals surface area contributed by atoms with Gasteiger partial charge in [-0.2, -0.15) is 0 Å². The van der Waals surface area contributed by atoms with Gasteiger partial charge in [0.25, 0.3) is 0 Å². The van der Waals surface area contributed by atoms with Crippen LogP contribution >= 0.6 is 15.9 Å². The maximum absolute atomic E-state index is 13.2. The molecule has 2 rings (SSSR count). The van der Waals surface area contributed by atoms with E-state index in [9.17, 15) is 4.39 Å². The van der Waals surface area contributed by atoms with Gasteiger partial charge in [0.05, 0.1) is 7.11 Å². The van der Waals surface area contributed by atoms with Crippen molar-refractivity contribution in [3.63, 3.8) is 0 Å². The third-order valence-electron chi connectivity index (χ3n) is 3.05. The summed E-state index contributed by atoms with van der Waals surface area (Å²) in [6.45, 7) is 0. The third kappa shape index (κ3) is 2.17. The summed E-state index contributed by atoms with van der Waals surface area (Å²) < 4.78 is 18.4. The van der Waals surface area contributed by atoms with Crippen molar-refractivity contribution in [3.05, 3.63) is 29.6 Å². The Balaban J connectivity index is 2.27. The van der Waals surface area contributed by atoms with Gasteiger partial charge in [-0.3, -0.25) is 0 Å². The monoisotopic (exact) mass is 272 g/mol. The Morgan fingerprint density at radius 3 is 2.73 bits per heavy atom. The first-order chi connectivity index (χ1) is 7.22. The van der Waals surface area contributed by atoms with Crippen LogP contribution in [0.4, 0.5) is 4.39 Å². The lowest BCUT2D eigenvalue weighted by Crippen LogP contribution is -2.16. The Labute approximate surface area is 97.8 Å². The SMILES string of the molecule is COc1ccc(F)cc1C(Br)C1CCC1. The molecule has 1 saturated carbocycles. The van der Waals surface area contributed by atoms with Crippen molar-refractivity contribution in [2.45, 2.75) is 24.1 Å². The van der Waals surface area contributed by atoms with Gasteiger partial charge in [-0.05, 0) is 37.0 Å². The topological polar surface area (TPSA) is 9.23 Å². The molecule has 0 bridgehead atoms. The molecule has 15 heavy (non-hydrogen) atoms. The van der Waals surface area contributed by atoms with Crippen LogP contribution in [-0.2, 0) is 0 Å². The van der Waals surface area contributed by atoms with Crippen molar-refractivity contribution < 1.29 is 9.13 Å². The molecule has 1 aliphatic carbocycles. The summed E-state index contributed by atoms with van der Waals surface area (Å²) >= 11 is 3.64. The van der Waals surface area contributed by atoms with Gasteiger partial charge in [0.2, 0.25) is 0 Å². The van der Waals surface area contributed by atoms with Crippen molar-refractivity contribution in [2.75, 3.05) is 7.11 Å². The second-order valence-corrected chi connectivity index (χ2v) is 4.97. The highest BCUT2D eigenvalue weighted by Gasteiger charge is 2.28. The predicted molar refractivity (Wildman–Crippen MR) is 62.0 cm³/mol. The van der Waals surface area contributed by atoms with Gasteiger partial charge < -0.3 is 4.74 Å². The molecule has 0 aromatic heterocycles. The summed E-state index contributed by atoms with van der Waals surface area (Å²) in [5, 5.41) is 0. The standard InChI is InChI=1S/C12H14BrFO/c1-15-11-6-5-9(14)7-10(11)12(13)8-3-2-4-8/h5-8,12H,2-4H2,1H3. The van der Waals surface area contributed by atoms with Crippen molar-refractivity contribution in [3.8, 4) is 5.75 Å². The zero-order valence-electron chi connectivity index (χ0n) is 8.67. The van der Waals surface area contributed by atoms with Gasteiger partial charge in [-0.1, -0.05) is 22.4 Å². The summed E-state index contributed by atoms with van der Waals surface area (Å²) in [5.74, 6) is 1.19. The van der Waals surface area contributed by atoms with Crippen molar-refractivity contribution >= 4 is 15.9 Å². The van der Waals surface area contributed by atoms with E-state index in [0.29, 0.717) is 5.92 Å². The number of methoxy groups -OCH3 is 1. The van der Waals surface area contributed by atoms with Crippen molar-refractivity contribution in [1.29, 1.82) is 0 Å².